The first-order valence-electron chi connectivity index (χ1n) is 9.37. The summed E-state index contributed by atoms with van der Waals surface area (Å²) < 4.78 is 10.2. The Kier molecular flexibility index (Phi) is 6.99. The highest BCUT2D eigenvalue weighted by molar-refractivity contribution is 6.05. The summed E-state index contributed by atoms with van der Waals surface area (Å²) in [5.41, 5.74) is 7.22. The molecule has 29 heavy (non-hydrogen) atoms. The molecular formula is C20H25N5O4. The summed E-state index contributed by atoms with van der Waals surface area (Å²) in [6.45, 7) is 1.94. The van der Waals surface area contributed by atoms with E-state index in [1.54, 1.807) is 43.5 Å². The van der Waals surface area contributed by atoms with Gasteiger partial charge in [0, 0.05) is 19.9 Å². The van der Waals surface area contributed by atoms with Crippen LogP contribution in [0.3, 0.4) is 0 Å². The summed E-state index contributed by atoms with van der Waals surface area (Å²) in [5.74, 6) is 0.0931. The van der Waals surface area contributed by atoms with Crippen molar-refractivity contribution in [1.82, 2.24) is 10.3 Å². The van der Waals surface area contributed by atoms with E-state index in [0.29, 0.717) is 35.9 Å². The first kappa shape index (κ1) is 20.6. The number of rotatable bonds is 7. The van der Waals surface area contributed by atoms with E-state index in [1.807, 2.05) is 0 Å². The molecule has 1 saturated heterocycles. The van der Waals surface area contributed by atoms with Crippen molar-refractivity contribution in [3.63, 3.8) is 0 Å². The van der Waals surface area contributed by atoms with E-state index >= 15 is 0 Å². The Bertz CT molecular complexity index is 837. The van der Waals surface area contributed by atoms with Gasteiger partial charge in [-0.05, 0) is 37.2 Å². The topological polar surface area (TPSA) is 119 Å². The molecule has 1 aromatic carbocycles. The Hall–Kier alpha value is -3.17. The van der Waals surface area contributed by atoms with Crippen molar-refractivity contribution in [2.45, 2.75) is 12.5 Å². The van der Waals surface area contributed by atoms with Gasteiger partial charge in [-0.15, -0.1) is 0 Å². The van der Waals surface area contributed by atoms with Gasteiger partial charge in [0.2, 0.25) is 0 Å². The van der Waals surface area contributed by atoms with Crippen molar-refractivity contribution < 1.29 is 19.1 Å². The van der Waals surface area contributed by atoms with Gasteiger partial charge in [-0.1, -0.05) is 12.1 Å². The maximum atomic E-state index is 12.6. The SMILES string of the molecule is COCCOC(=O)N(c1ccc(C(=O)Nc2ccccc2N)cn1)[C@H]1CCNC1. The molecule has 1 aliphatic rings. The molecule has 2 amide bonds. The number of amides is 2. The number of hydrogen-bond donors (Lipinski definition) is 3. The van der Waals surface area contributed by atoms with Gasteiger partial charge in [0.1, 0.15) is 12.4 Å². The van der Waals surface area contributed by atoms with Crippen molar-refractivity contribution in [3.05, 3.63) is 48.2 Å². The number of hydrogen-bond acceptors (Lipinski definition) is 7. The van der Waals surface area contributed by atoms with Crippen LogP contribution in [0.1, 0.15) is 16.8 Å². The van der Waals surface area contributed by atoms with Gasteiger partial charge < -0.3 is 25.8 Å². The Balaban J connectivity index is 1.73. The number of ether oxygens (including phenoxy) is 2. The molecule has 9 heteroatoms. The number of benzene rings is 1. The predicted octanol–water partition coefficient (Wildman–Crippen LogP) is 1.87. The Morgan fingerprint density at radius 1 is 1.28 bits per heavy atom. The predicted molar refractivity (Wildman–Crippen MR) is 110 cm³/mol. The van der Waals surface area contributed by atoms with E-state index in [1.165, 1.54) is 11.1 Å². The van der Waals surface area contributed by atoms with Gasteiger partial charge in [-0.25, -0.2) is 9.78 Å². The average Bonchev–Trinajstić information content (AvgIpc) is 3.25. The number of nitrogen functional groups attached to an aromatic ring is 1. The third kappa shape index (κ3) is 5.21. The summed E-state index contributed by atoms with van der Waals surface area (Å²) >= 11 is 0. The number of carbonyl (C=O) groups excluding carboxylic acids is 2. The normalized spacial score (nSPS) is 15.7. The zero-order valence-corrected chi connectivity index (χ0v) is 16.3. The van der Waals surface area contributed by atoms with Crippen LogP contribution in [0.5, 0.6) is 0 Å². The number of methoxy groups -OCH3 is 1. The van der Waals surface area contributed by atoms with Gasteiger partial charge >= 0.3 is 6.09 Å². The summed E-state index contributed by atoms with van der Waals surface area (Å²) in [4.78, 5) is 30.9. The molecule has 1 atom stereocenters. The van der Waals surface area contributed by atoms with E-state index < -0.39 is 6.09 Å². The van der Waals surface area contributed by atoms with E-state index in [0.717, 1.165) is 13.0 Å². The second-order valence-corrected chi connectivity index (χ2v) is 6.57. The van der Waals surface area contributed by atoms with Crippen molar-refractivity contribution >= 4 is 29.2 Å². The van der Waals surface area contributed by atoms with Crippen LogP contribution in [0.4, 0.5) is 22.0 Å². The first-order valence-corrected chi connectivity index (χ1v) is 9.37. The van der Waals surface area contributed by atoms with Crippen LogP contribution >= 0.6 is 0 Å². The summed E-state index contributed by atoms with van der Waals surface area (Å²) in [7, 11) is 1.54. The van der Waals surface area contributed by atoms with Crippen molar-refractivity contribution in [2.24, 2.45) is 0 Å². The lowest BCUT2D eigenvalue weighted by atomic mass is 10.2. The summed E-state index contributed by atoms with van der Waals surface area (Å²) in [6.07, 6.45) is 1.73. The zero-order chi connectivity index (χ0) is 20.6. The number of para-hydroxylation sites is 2. The van der Waals surface area contributed by atoms with Crippen LogP contribution in [-0.4, -0.2) is 56.4 Å². The van der Waals surface area contributed by atoms with Gasteiger partial charge in [0.15, 0.2) is 0 Å². The van der Waals surface area contributed by atoms with Crippen LogP contribution in [0.25, 0.3) is 0 Å². The number of carbonyl (C=O) groups is 2. The molecule has 1 fully saturated rings. The molecule has 4 N–H and O–H groups in total. The maximum absolute atomic E-state index is 12.6. The smallest absolute Gasteiger partial charge is 0.415 e. The second-order valence-electron chi connectivity index (χ2n) is 6.57. The molecule has 0 spiro atoms. The minimum Gasteiger partial charge on any atom is -0.447 e. The molecule has 2 heterocycles. The van der Waals surface area contributed by atoms with E-state index in [2.05, 4.69) is 15.6 Å². The fraction of sp³-hybridized carbons (Fsp3) is 0.350. The summed E-state index contributed by atoms with van der Waals surface area (Å²) in [6, 6.07) is 10.2. The van der Waals surface area contributed by atoms with Crippen LogP contribution in [-0.2, 0) is 9.47 Å². The molecule has 0 unspecified atom stereocenters. The van der Waals surface area contributed by atoms with Gasteiger partial charge in [-0.2, -0.15) is 0 Å². The Morgan fingerprint density at radius 2 is 2.10 bits per heavy atom. The number of aromatic nitrogens is 1. The number of pyridine rings is 1. The Morgan fingerprint density at radius 3 is 2.76 bits per heavy atom. The van der Waals surface area contributed by atoms with Crippen LogP contribution in [0.2, 0.25) is 0 Å². The number of nitrogens with two attached hydrogens (primary N) is 1. The maximum Gasteiger partial charge on any atom is 0.415 e. The standard InChI is InChI=1S/C20H25N5O4/c1-28-10-11-29-20(27)25(15-8-9-22-13-15)18-7-6-14(12-23-18)19(26)24-17-5-3-2-4-16(17)21/h2-7,12,15,22H,8-11,13,21H2,1H3,(H,24,26)/t15-/m0/s1. The average molecular weight is 399 g/mol. The lowest BCUT2D eigenvalue weighted by molar-refractivity contribution is 0.102. The summed E-state index contributed by atoms with van der Waals surface area (Å²) in [5, 5.41) is 5.98. The monoisotopic (exact) mass is 399 g/mol. The number of nitrogens with zero attached hydrogens (tertiary/aromatic N) is 2. The second kappa shape index (κ2) is 9.85. The van der Waals surface area contributed by atoms with Gasteiger partial charge in [0.25, 0.3) is 5.91 Å². The molecule has 2 aromatic rings. The third-order valence-electron chi connectivity index (χ3n) is 4.58. The minimum atomic E-state index is -0.488. The molecule has 1 aromatic heterocycles. The largest absolute Gasteiger partial charge is 0.447 e. The molecule has 9 nitrogen and oxygen atoms in total. The molecule has 0 aliphatic carbocycles. The van der Waals surface area contributed by atoms with Crippen molar-refractivity contribution in [1.29, 1.82) is 0 Å². The van der Waals surface area contributed by atoms with Crippen LogP contribution in [0.15, 0.2) is 42.6 Å². The minimum absolute atomic E-state index is 0.0682. The van der Waals surface area contributed by atoms with E-state index in [9.17, 15) is 9.59 Å². The van der Waals surface area contributed by atoms with Gasteiger partial charge in [-0.3, -0.25) is 9.69 Å². The van der Waals surface area contributed by atoms with Crippen LogP contribution < -0.4 is 21.3 Å². The van der Waals surface area contributed by atoms with E-state index in [4.69, 9.17) is 15.2 Å². The molecule has 0 radical (unpaired) electrons. The highest BCUT2D eigenvalue weighted by Crippen LogP contribution is 2.21. The number of nitrogens with one attached hydrogen (secondary N) is 2. The molecule has 3 rings (SSSR count). The van der Waals surface area contributed by atoms with Crippen molar-refractivity contribution in [2.75, 3.05) is 49.4 Å². The quantitative estimate of drug-likeness (QED) is 0.480. The Labute approximate surface area is 169 Å². The van der Waals surface area contributed by atoms with Gasteiger partial charge in [0.05, 0.1) is 29.6 Å². The molecule has 1 aliphatic heterocycles. The first-order chi connectivity index (χ1) is 14.1. The third-order valence-corrected chi connectivity index (χ3v) is 4.58. The molecular weight excluding hydrogens is 374 g/mol. The van der Waals surface area contributed by atoms with Crippen LogP contribution in [0, 0.1) is 0 Å². The lowest BCUT2D eigenvalue weighted by Crippen LogP contribution is -2.43. The fourth-order valence-corrected chi connectivity index (χ4v) is 3.04. The van der Waals surface area contributed by atoms with Crippen molar-refractivity contribution in [3.8, 4) is 0 Å². The molecule has 0 bridgehead atoms. The highest BCUT2D eigenvalue weighted by Gasteiger charge is 2.30. The lowest BCUT2D eigenvalue weighted by Gasteiger charge is -2.26. The van der Waals surface area contributed by atoms with E-state index in [-0.39, 0.29) is 18.6 Å². The zero-order valence-electron chi connectivity index (χ0n) is 16.3. The molecule has 0 saturated carbocycles. The number of anilines is 3. The fourth-order valence-electron chi connectivity index (χ4n) is 3.04. The molecule has 154 valence electrons. The highest BCUT2D eigenvalue weighted by atomic mass is 16.6.